The fourth-order valence-corrected chi connectivity index (χ4v) is 4.91. The third-order valence-corrected chi connectivity index (χ3v) is 6.66. The zero-order chi connectivity index (χ0) is 20.4. The summed E-state index contributed by atoms with van der Waals surface area (Å²) in [4.78, 5) is 18.7. The first kappa shape index (κ1) is 20.2. The molecule has 0 unspecified atom stereocenters. The highest BCUT2D eigenvalue weighted by Gasteiger charge is 2.14. The van der Waals surface area contributed by atoms with Gasteiger partial charge in [0.2, 0.25) is 5.91 Å². The molecule has 0 bridgehead atoms. The van der Waals surface area contributed by atoms with Crippen molar-refractivity contribution in [3.63, 3.8) is 0 Å². The van der Waals surface area contributed by atoms with Gasteiger partial charge in [0.05, 0.1) is 4.88 Å². The third kappa shape index (κ3) is 4.76. The molecule has 29 heavy (non-hydrogen) atoms. The van der Waals surface area contributed by atoms with E-state index in [1.54, 1.807) is 22.9 Å². The molecule has 0 aliphatic rings. The second-order valence-corrected chi connectivity index (χ2v) is 9.30. The molecule has 2 N–H and O–H groups in total. The lowest BCUT2D eigenvalue weighted by atomic mass is 10.1. The van der Waals surface area contributed by atoms with Crippen LogP contribution >= 0.6 is 58.1 Å². The molecule has 148 valence electrons. The number of thiazole rings is 1. The Morgan fingerprint density at radius 3 is 2.93 bits per heavy atom. The third-order valence-electron chi connectivity index (χ3n) is 3.98. The second kappa shape index (κ2) is 8.76. The number of rotatable bonds is 6. The van der Waals surface area contributed by atoms with Gasteiger partial charge in [0.25, 0.3) is 0 Å². The van der Waals surface area contributed by atoms with E-state index in [-0.39, 0.29) is 12.5 Å². The Hall–Kier alpha value is -2.04. The molecule has 0 saturated carbocycles. The van der Waals surface area contributed by atoms with Crippen molar-refractivity contribution in [3.05, 3.63) is 67.2 Å². The van der Waals surface area contributed by atoms with Gasteiger partial charge in [-0.05, 0) is 41.4 Å². The number of amides is 1. The van der Waals surface area contributed by atoms with Crippen molar-refractivity contribution in [1.29, 1.82) is 0 Å². The molecule has 0 fully saturated rings. The van der Waals surface area contributed by atoms with Crippen molar-refractivity contribution < 1.29 is 4.79 Å². The molecule has 0 saturated heterocycles. The van der Waals surface area contributed by atoms with Crippen LogP contribution in [0.1, 0.15) is 10.4 Å². The highest BCUT2D eigenvalue weighted by Crippen LogP contribution is 2.27. The van der Waals surface area contributed by atoms with Crippen LogP contribution in [0.25, 0.3) is 10.7 Å². The van der Waals surface area contributed by atoms with Crippen LogP contribution in [0.2, 0.25) is 10.0 Å². The summed E-state index contributed by atoms with van der Waals surface area (Å²) in [5.41, 5.74) is 0.947. The van der Waals surface area contributed by atoms with E-state index in [2.05, 4.69) is 20.5 Å². The average Bonchev–Trinajstić information content (AvgIpc) is 3.41. The minimum atomic E-state index is -0.231. The molecule has 3 aromatic heterocycles. The summed E-state index contributed by atoms with van der Waals surface area (Å²) in [7, 11) is 0. The lowest BCUT2D eigenvalue weighted by Gasteiger charge is -2.05. The normalized spacial score (nSPS) is 11.0. The fraction of sp³-hybridized carbons (Fsp3) is 0.111. The van der Waals surface area contributed by atoms with E-state index in [1.165, 1.54) is 22.7 Å². The molecule has 11 heteroatoms. The van der Waals surface area contributed by atoms with Crippen LogP contribution in [-0.4, -0.2) is 25.7 Å². The van der Waals surface area contributed by atoms with Crippen LogP contribution in [0.15, 0.2) is 41.9 Å². The number of carbonyl (C=O) groups excluding carboxylic acids is 1. The van der Waals surface area contributed by atoms with Gasteiger partial charge in [0.15, 0.2) is 15.7 Å². The lowest BCUT2D eigenvalue weighted by molar-refractivity contribution is -0.116. The number of hydrogen-bond acceptors (Lipinski definition) is 6. The summed E-state index contributed by atoms with van der Waals surface area (Å²) in [6.45, 7) is 0.0422. The average molecular weight is 482 g/mol. The van der Waals surface area contributed by atoms with Crippen molar-refractivity contribution in [1.82, 2.24) is 19.7 Å². The molecule has 0 radical (unpaired) electrons. The molecule has 0 aliphatic carbocycles. The first-order valence-electron chi connectivity index (χ1n) is 8.37. The van der Waals surface area contributed by atoms with Gasteiger partial charge in [0, 0.05) is 27.5 Å². The number of nitrogens with zero attached hydrogens (tertiary/aromatic N) is 3. The molecule has 0 spiro atoms. The van der Waals surface area contributed by atoms with Gasteiger partial charge < -0.3 is 5.32 Å². The minimum absolute atomic E-state index is 0.0422. The highest BCUT2D eigenvalue weighted by atomic mass is 35.5. The topological polar surface area (TPSA) is 75.6 Å². The van der Waals surface area contributed by atoms with Gasteiger partial charge in [-0.3, -0.25) is 14.5 Å². The molecule has 0 aliphatic heterocycles. The lowest BCUT2D eigenvalue weighted by Crippen LogP contribution is -2.19. The zero-order valence-electron chi connectivity index (χ0n) is 14.7. The fourth-order valence-electron chi connectivity index (χ4n) is 2.66. The number of hydrogen-bond donors (Lipinski definition) is 2. The number of halogens is 2. The van der Waals surface area contributed by atoms with Crippen molar-refractivity contribution >= 4 is 69.1 Å². The van der Waals surface area contributed by atoms with E-state index in [0.717, 1.165) is 15.3 Å². The van der Waals surface area contributed by atoms with Crippen molar-refractivity contribution in [2.45, 2.75) is 13.0 Å². The summed E-state index contributed by atoms with van der Waals surface area (Å²) < 4.78 is 2.05. The molecule has 3 heterocycles. The zero-order valence-corrected chi connectivity index (χ0v) is 18.6. The number of carbonyl (C=O) groups is 1. The first-order chi connectivity index (χ1) is 14.0. The Bertz CT molecular complexity index is 1210. The van der Waals surface area contributed by atoms with E-state index in [4.69, 9.17) is 35.4 Å². The van der Waals surface area contributed by atoms with Gasteiger partial charge >= 0.3 is 0 Å². The number of aromatic nitrogens is 4. The van der Waals surface area contributed by atoms with Gasteiger partial charge in [-0.15, -0.1) is 22.7 Å². The van der Waals surface area contributed by atoms with Crippen LogP contribution in [-0.2, 0) is 17.8 Å². The SMILES string of the molecule is O=C(Cn1c(-c2cccs2)n[nH]c1=S)Nc1ncc(Cc2ccc(Cl)cc2Cl)s1. The summed E-state index contributed by atoms with van der Waals surface area (Å²) in [5, 5.41) is 13.4. The monoisotopic (exact) mass is 481 g/mol. The van der Waals surface area contributed by atoms with Gasteiger partial charge in [-0.25, -0.2) is 4.98 Å². The van der Waals surface area contributed by atoms with Crippen LogP contribution in [0.5, 0.6) is 0 Å². The Kier molecular flexibility index (Phi) is 6.12. The predicted molar refractivity (Wildman–Crippen MR) is 121 cm³/mol. The number of anilines is 1. The summed E-state index contributed by atoms with van der Waals surface area (Å²) in [6, 6.07) is 9.24. The molecule has 0 atom stereocenters. The van der Waals surface area contributed by atoms with Crippen LogP contribution in [0, 0.1) is 4.77 Å². The smallest absolute Gasteiger partial charge is 0.246 e. The number of benzene rings is 1. The van der Waals surface area contributed by atoms with E-state index in [1.807, 2.05) is 23.6 Å². The highest BCUT2D eigenvalue weighted by molar-refractivity contribution is 7.71. The summed E-state index contributed by atoms with van der Waals surface area (Å²) in [5.74, 6) is 0.406. The molecule has 6 nitrogen and oxygen atoms in total. The first-order valence-corrected chi connectivity index (χ1v) is 11.2. The standard InChI is InChI=1S/C18H13Cl2N5OS3/c19-11-4-3-10(13(20)7-11)6-12-8-21-17(29-12)22-15(26)9-25-16(23-24-18(25)27)14-2-1-5-28-14/h1-5,7-8H,6,9H2,(H,24,27)(H,21,22,26). The number of thiophene rings is 1. The molecule has 1 aromatic carbocycles. The number of aromatic amines is 1. The quantitative estimate of drug-likeness (QED) is 0.348. The predicted octanol–water partition coefficient (Wildman–Crippen LogP) is 5.66. The largest absolute Gasteiger partial charge is 0.300 e. The van der Waals surface area contributed by atoms with Gasteiger partial charge in [-0.2, -0.15) is 5.10 Å². The van der Waals surface area contributed by atoms with Crippen molar-refractivity contribution in [2.75, 3.05) is 5.32 Å². The van der Waals surface area contributed by atoms with E-state index < -0.39 is 0 Å². The van der Waals surface area contributed by atoms with Crippen molar-refractivity contribution in [3.8, 4) is 10.7 Å². The Balaban J connectivity index is 1.44. The van der Waals surface area contributed by atoms with Crippen LogP contribution in [0.3, 0.4) is 0 Å². The van der Waals surface area contributed by atoms with Crippen molar-refractivity contribution in [2.24, 2.45) is 0 Å². The maximum atomic E-state index is 12.5. The summed E-state index contributed by atoms with van der Waals surface area (Å²) >= 11 is 20.4. The van der Waals surface area contributed by atoms with E-state index >= 15 is 0 Å². The maximum absolute atomic E-state index is 12.5. The number of nitrogens with one attached hydrogen (secondary N) is 2. The maximum Gasteiger partial charge on any atom is 0.246 e. The van der Waals surface area contributed by atoms with Crippen LogP contribution < -0.4 is 5.32 Å². The minimum Gasteiger partial charge on any atom is -0.300 e. The molecule has 4 aromatic rings. The van der Waals surface area contributed by atoms with Gasteiger partial charge in [0.1, 0.15) is 6.54 Å². The van der Waals surface area contributed by atoms with Gasteiger partial charge in [-0.1, -0.05) is 35.3 Å². The van der Waals surface area contributed by atoms with E-state index in [9.17, 15) is 4.79 Å². The van der Waals surface area contributed by atoms with Crippen LogP contribution in [0.4, 0.5) is 5.13 Å². The molecule has 4 rings (SSSR count). The second-order valence-electron chi connectivity index (χ2n) is 6.01. The Morgan fingerprint density at radius 1 is 1.31 bits per heavy atom. The number of H-pyrrole nitrogens is 1. The molecular weight excluding hydrogens is 469 g/mol. The van der Waals surface area contributed by atoms with E-state index in [0.29, 0.717) is 32.2 Å². The Labute approximate surface area is 189 Å². The Morgan fingerprint density at radius 2 is 2.17 bits per heavy atom. The molecule has 1 amide bonds. The summed E-state index contributed by atoms with van der Waals surface area (Å²) in [6.07, 6.45) is 2.34. The molecular formula is C18H13Cl2N5OS3.